The molecule has 1 aliphatic rings. The number of ether oxygens (including phenoxy) is 1. The van der Waals surface area contributed by atoms with Crippen LogP contribution in [0, 0.1) is 6.92 Å². The molecule has 0 atom stereocenters. The molecule has 1 N–H and O–H groups in total. The van der Waals surface area contributed by atoms with Crippen LogP contribution in [0.4, 0.5) is 0 Å². The normalized spacial score (nSPS) is 15.8. The van der Waals surface area contributed by atoms with Crippen LogP contribution in [0.1, 0.15) is 35.2 Å². The Hall–Kier alpha value is -1.51. The number of benzene rings is 1. The monoisotopic (exact) mass is 206 g/mol. The van der Waals surface area contributed by atoms with Crippen molar-refractivity contribution >= 4 is 5.97 Å². The van der Waals surface area contributed by atoms with Crippen molar-refractivity contribution in [2.75, 3.05) is 0 Å². The van der Waals surface area contributed by atoms with E-state index < -0.39 is 5.97 Å². The highest BCUT2D eigenvalue weighted by atomic mass is 16.5. The van der Waals surface area contributed by atoms with Gasteiger partial charge in [0, 0.05) is 5.56 Å². The lowest BCUT2D eigenvalue weighted by atomic mass is 9.96. The quantitative estimate of drug-likeness (QED) is 0.826. The summed E-state index contributed by atoms with van der Waals surface area (Å²) in [5, 5.41) is 8.94. The van der Waals surface area contributed by atoms with Gasteiger partial charge in [0.1, 0.15) is 5.75 Å². The van der Waals surface area contributed by atoms with Crippen molar-refractivity contribution in [1.29, 1.82) is 0 Å². The summed E-state index contributed by atoms with van der Waals surface area (Å²) in [6.07, 6.45) is 3.66. The molecule has 1 fully saturated rings. The summed E-state index contributed by atoms with van der Waals surface area (Å²) >= 11 is 0. The van der Waals surface area contributed by atoms with Gasteiger partial charge in [0.05, 0.1) is 11.7 Å². The van der Waals surface area contributed by atoms with Crippen molar-refractivity contribution in [3.05, 3.63) is 29.3 Å². The maximum atomic E-state index is 10.9. The molecule has 0 bridgehead atoms. The van der Waals surface area contributed by atoms with E-state index in [1.165, 1.54) is 6.42 Å². The summed E-state index contributed by atoms with van der Waals surface area (Å²) in [4.78, 5) is 10.9. The lowest BCUT2D eigenvalue weighted by molar-refractivity contribution is 0.0693. The average Bonchev–Trinajstić information content (AvgIpc) is 2.13. The number of carbonyl (C=O) groups is 1. The molecular weight excluding hydrogens is 192 g/mol. The molecule has 1 saturated carbocycles. The van der Waals surface area contributed by atoms with E-state index in [-0.39, 0.29) is 6.10 Å². The number of carboxylic acid groups (broad SMARTS) is 1. The Bertz CT molecular complexity index is 380. The van der Waals surface area contributed by atoms with E-state index >= 15 is 0 Å². The largest absolute Gasteiger partial charge is 0.490 e. The van der Waals surface area contributed by atoms with Crippen molar-refractivity contribution in [2.24, 2.45) is 0 Å². The predicted octanol–water partition coefficient (Wildman–Crippen LogP) is 2.62. The molecule has 0 saturated heterocycles. The Morgan fingerprint density at radius 2 is 2.20 bits per heavy atom. The van der Waals surface area contributed by atoms with Crippen LogP contribution in [0.2, 0.25) is 0 Å². The van der Waals surface area contributed by atoms with E-state index in [0.29, 0.717) is 11.3 Å². The predicted molar refractivity (Wildman–Crippen MR) is 56.4 cm³/mol. The first kappa shape index (κ1) is 10.0. The molecular formula is C12H14O3. The average molecular weight is 206 g/mol. The van der Waals surface area contributed by atoms with E-state index in [1.54, 1.807) is 19.1 Å². The van der Waals surface area contributed by atoms with Crippen LogP contribution < -0.4 is 4.74 Å². The highest BCUT2D eigenvalue weighted by Gasteiger charge is 2.20. The Balaban J connectivity index is 2.22. The minimum Gasteiger partial charge on any atom is -0.490 e. The molecule has 3 heteroatoms. The first-order valence-corrected chi connectivity index (χ1v) is 5.18. The molecule has 3 nitrogen and oxygen atoms in total. The van der Waals surface area contributed by atoms with Gasteiger partial charge in [-0.25, -0.2) is 4.79 Å². The van der Waals surface area contributed by atoms with E-state index in [9.17, 15) is 4.79 Å². The fraction of sp³-hybridized carbons (Fsp3) is 0.417. The third-order valence-corrected chi connectivity index (χ3v) is 2.86. The highest BCUT2D eigenvalue weighted by molar-refractivity contribution is 5.90. The van der Waals surface area contributed by atoms with Crippen LogP contribution in [0.25, 0.3) is 0 Å². The molecule has 1 aromatic rings. The lowest BCUT2D eigenvalue weighted by Crippen LogP contribution is -2.25. The fourth-order valence-electron chi connectivity index (χ4n) is 1.64. The SMILES string of the molecule is Cc1c(OC2CCC2)cccc1C(=O)O. The summed E-state index contributed by atoms with van der Waals surface area (Å²) < 4.78 is 5.71. The first-order valence-electron chi connectivity index (χ1n) is 5.18. The van der Waals surface area contributed by atoms with Crippen molar-refractivity contribution in [1.82, 2.24) is 0 Å². The maximum absolute atomic E-state index is 10.9. The molecule has 0 spiro atoms. The van der Waals surface area contributed by atoms with Crippen molar-refractivity contribution in [3.63, 3.8) is 0 Å². The molecule has 0 aromatic heterocycles. The molecule has 0 radical (unpaired) electrons. The minimum atomic E-state index is -0.897. The van der Waals surface area contributed by atoms with Gasteiger partial charge >= 0.3 is 5.97 Å². The topological polar surface area (TPSA) is 46.5 Å². The van der Waals surface area contributed by atoms with Gasteiger partial charge in [-0.2, -0.15) is 0 Å². The highest BCUT2D eigenvalue weighted by Crippen LogP contribution is 2.28. The third-order valence-electron chi connectivity index (χ3n) is 2.86. The second-order valence-electron chi connectivity index (χ2n) is 3.90. The molecule has 0 aliphatic heterocycles. The summed E-state index contributed by atoms with van der Waals surface area (Å²) in [5.74, 6) is -0.189. The number of carboxylic acids is 1. The standard InChI is InChI=1S/C12H14O3/c1-8-10(12(13)14)6-3-7-11(8)15-9-4-2-5-9/h3,6-7,9H,2,4-5H2,1H3,(H,13,14). The van der Waals surface area contributed by atoms with Gasteiger partial charge in [-0.3, -0.25) is 0 Å². The second kappa shape index (κ2) is 3.93. The van der Waals surface area contributed by atoms with Crippen LogP contribution in [0.15, 0.2) is 18.2 Å². The molecule has 15 heavy (non-hydrogen) atoms. The molecule has 1 aliphatic carbocycles. The number of hydrogen-bond donors (Lipinski definition) is 1. The van der Waals surface area contributed by atoms with Gasteiger partial charge < -0.3 is 9.84 Å². The maximum Gasteiger partial charge on any atom is 0.336 e. The van der Waals surface area contributed by atoms with Gasteiger partial charge in [0.2, 0.25) is 0 Å². The van der Waals surface area contributed by atoms with Gasteiger partial charge in [-0.15, -0.1) is 0 Å². The van der Waals surface area contributed by atoms with Crippen molar-refractivity contribution in [2.45, 2.75) is 32.3 Å². The summed E-state index contributed by atoms with van der Waals surface area (Å²) in [5.41, 5.74) is 1.05. The summed E-state index contributed by atoms with van der Waals surface area (Å²) in [7, 11) is 0. The smallest absolute Gasteiger partial charge is 0.336 e. The van der Waals surface area contributed by atoms with Gasteiger partial charge in [-0.05, 0) is 38.3 Å². The lowest BCUT2D eigenvalue weighted by Gasteiger charge is -2.27. The summed E-state index contributed by atoms with van der Waals surface area (Å²) in [6, 6.07) is 5.16. The molecule has 1 aromatic carbocycles. The minimum absolute atomic E-state index is 0.285. The van der Waals surface area contributed by atoms with Crippen molar-refractivity contribution in [3.8, 4) is 5.75 Å². The number of hydrogen-bond acceptors (Lipinski definition) is 2. The van der Waals surface area contributed by atoms with E-state index in [1.807, 2.05) is 6.07 Å². The number of rotatable bonds is 3. The van der Waals surface area contributed by atoms with Crippen LogP contribution in [0.3, 0.4) is 0 Å². The van der Waals surface area contributed by atoms with Gasteiger partial charge in [-0.1, -0.05) is 6.07 Å². The number of aromatic carboxylic acids is 1. The van der Waals surface area contributed by atoms with Gasteiger partial charge in [0.15, 0.2) is 0 Å². The summed E-state index contributed by atoms with van der Waals surface area (Å²) in [6.45, 7) is 1.79. The second-order valence-corrected chi connectivity index (χ2v) is 3.90. The van der Waals surface area contributed by atoms with E-state index in [4.69, 9.17) is 9.84 Å². The van der Waals surface area contributed by atoms with Crippen LogP contribution >= 0.6 is 0 Å². The van der Waals surface area contributed by atoms with E-state index in [0.717, 1.165) is 18.4 Å². The molecule has 80 valence electrons. The Labute approximate surface area is 88.7 Å². The third kappa shape index (κ3) is 1.96. The van der Waals surface area contributed by atoms with E-state index in [2.05, 4.69) is 0 Å². The Kier molecular flexibility index (Phi) is 2.62. The zero-order valence-corrected chi connectivity index (χ0v) is 8.69. The first-order chi connectivity index (χ1) is 7.18. The molecule has 0 amide bonds. The zero-order valence-electron chi connectivity index (χ0n) is 8.69. The fourth-order valence-corrected chi connectivity index (χ4v) is 1.64. The molecule has 2 rings (SSSR count). The molecule has 0 heterocycles. The van der Waals surface area contributed by atoms with Crippen LogP contribution in [0.5, 0.6) is 5.75 Å². The van der Waals surface area contributed by atoms with Crippen LogP contribution in [-0.2, 0) is 0 Å². The van der Waals surface area contributed by atoms with Crippen LogP contribution in [-0.4, -0.2) is 17.2 Å². The zero-order chi connectivity index (χ0) is 10.8. The van der Waals surface area contributed by atoms with Crippen molar-refractivity contribution < 1.29 is 14.6 Å². The van der Waals surface area contributed by atoms with Gasteiger partial charge in [0.25, 0.3) is 0 Å². The molecule has 0 unspecified atom stereocenters. The Morgan fingerprint density at radius 1 is 1.47 bits per heavy atom. The Morgan fingerprint density at radius 3 is 2.73 bits per heavy atom.